The number of methoxy groups -OCH3 is 1. The molecule has 28 heavy (non-hydrogen) atoms. The molecule has 150 valence electrons. The fraction of sp³-hybridized carbons (Fsp3) is 0.421. The van der Waals surface area contributed by atoms with Crippen LogP contribution in [-0.4, -0.2) is 55.2 Å². The summed E-state index contributed by atoms with van der Waals surface area (Å²) in [5.41, 5.74) is 0.513. The van der Waals surface area contributed by atoms with Gasteiger partial charge in [-0.15, -0.1) is 0 Å². The molecule has 0 aliphatic carbocycles. The van der Waals surface area contributed by atoms with Crippen molar-refractivity contribution >= 4 is 29.1 Å². The van der Waals surface area contributed by atoms with Crippen LogP contribution in [0.4, 0.5) is 11.6 Å². The molecule has 1 aromatic carbocycles. The molecule has 0 saturated carbocycles. The predicted octanol–water partition coefficient (Wildman–Crippen LogP) is 1.90. The number of anilines is 2. The highest BCUT2D eigenvalue weighted by atomic mass is 35.5. The quantitative estimate of drug-likeness (QED) is 0.789. The van der Waals surface area contributed by atoms with E-state index in [-0.39, 0.29) is 11.6 Å². The number of benzene rings is 1. The summed E-state index contributed by atoms with van der Waals surface area (Å²) in [4.78, 5) is 35.5. The number of nitrogens with zero attached hydrogens (tertiary/aromatic N) is 3. The van der Waals surface area contributed by atoms with E-state index in [9.17, 15) is 9.59 Å². The predicted molar refractivity (Wildman–Crippen MR) is 110 cm³/mol. The Balaban J connectivity index is 1.70. The Morgan fingerprint density at radius 1 is 1.25 bits per heavy atom. The largest absolute Gasteiger partial charge is 0.495 e. The van der Waals surface area contributed by atoms with Gasteiger partial charge in [-0.3, -0.25) is 14.6 Å². The highest BCUT2D eigenvalue weighted by Crippen LogP contribution is 2.32. The zero-order chi connectivity index (χ0) is 20.3. The van der Waals surface area contributed by atoms with Gasteiger partial charge in [-0.05, 0) is 32.0 Å². The van der Waals surface area contributed by atoms with Crippen LogP contribution in [0.1, 0.15) is 24.2 Å². The van der Waals surface area contributed by atoms with Crippen molar-refractivity contribution < 1.29 is 9.53 Å². The van der Waals surface area contributed by atoms with Crippen molar-refractivity contribution in [2.24, 2.45) is 0 Å². The molecule has 2 N–H and O–H groups in total. The van der Waals surface area contributed by atoms with Crippen LogP contribution in [0.5, 0.6) is 5.75 Å². The number of nitrogens with one attached hydrogen (secondary N) is 2. The van der Waals surface area contributed by atoms with Crippen LogP contribution < -0.4 is 25.4 Å². The lowest BCUT2D eigenvalue weighted by atomic mass is 10.2. The Morgan fingerprint density at radius 2 is 1.93 bits per heavy atom. The Labute approximate surface area is 168 Å². The van der Waals surface area contributed by atoms with E-state index in [1.54, 1.807) is 13.2 Å². The van der Waals surface area contributed by atoms with Crippen LogP contribution in [0, 0.1) is 0 Å². The molecule has 1 aliphatic heterocycles. The monoisotopic (exact) mass is 405 g/mol. The molecule has 8 nitrogen and oxygen atoms in total. The molecule has 2 heterocycles. The fourth-order valence-corrected chi connectivity index (χ4v) is 3.28. The van der Waals surface area contributed by atoms with Crippen LogP contribution in [0.15, 0.2) is 29.2 Å². The van der Waals surface area contributed by atoms with Gasteiger partial charge in [0.1, 0.15) is 11.3 Å². The summed E-state index contributed by atoms with van der Waals surface area (Å²) in [5.74, 6) is 0.807. The van der Waals surface area contributed by atoms with Gasteiger partial charge in [0.15, 0.2) is 0 Å². The molecule has 1 amide bonds. The van der Waals surface area contributed by atoms with Gasteiger partial charge in [0.2, 0.25) is 5.95 Å². The molecule has 1 saturated heterocycles. The second-order valence-electron chi connectivity index (χ2n) is 6.87. The van der Waals surface area contributed by atoms with Crippen LogP contribution in [0.25, 0.3) is 0 Å². The average molecular weight is 406 g/mol. The number of amides is 1. The van der Waals surface area contributed by atoms with Gasteiger partial charge in [0, 0.05) is 43.4 Å². The Morgan fingerprint density at radius 3 is 2.54 bits per heavy atom. The van der Waals surface area contributed by atoms with Crippen LogP contribution in [-0.2, 0) is 0 Å². The number of carbonyl (C=O) groups excluding carboxylic acids is 1. The third kappa shape index (κ3) is 4.39. The highest BCUT2D eigenvalue weighted by Gasteiger charge is 2.22. The molecule has 1 aliphatic rings. The lowest BCUT2D eigenvalue weighted by Crippen LogP contribution is -2.47. The third-order valence-electron chi connectivity index (χ3n) is 4.51. The Hall–Kier alpha value is -2.74. The lowest BCUT2D eigenvalue weighted by molar-refractivity contribution is 0.0941. The van der Waals surface area contributed by atoms with Crippen molar-refractivity contribution in [3.63, 3.8) is 0 Å². The topological polar surface area (TPSA) is 90.6 Å². The smallest absolute Gasteiger partial charge is 0.265 e. The first-order valence-electron chi connectivity index (χ1n) is 9.12. The van der Waals surface area contributed by atoms with E-state index < -0.39 is 11.5 Å². The molecule has 0 unspecified atom stereocenters. The zero-order valence-corrected chi connectivity index (χ0v) is 16.9. The van der Waals surface area contributed by atoms with Crippen molar-refractivity contribution in [2.45, 2.75) is 19.9 Å². The van der Waals surface area contributed by atoms with Gasteiger partial charge in [-0.25, -0.2) is 4.98 Å². The molecular formula is C19H24ClN5O3. The molecule has 1 aromatic heterocycles. The molecule has 3 rings (SSSR count). The lowest BCUT2D eigenvalue weighted by Gasteiger charge is -2.36. The number of H-pyrrole nitrogens is 1. The minimum Gasteiger partial charge on any atom is -0.495 e. The minimum absolute atomic E-state index is 0.0137. The second kappa shape index (κ2) is 8.52. The van der Waals surface area contributed by atoms with Crippen molar-refractivity contribution in [3.8, 4) is 5.75 Å². The molecular weight excluding hydrogens is 382 g/mol. The van der Waals surface area contributed by atoms with Gasteiger partial charge in [-0.1, -0.05) is 11.6 Å². The summed E-state index contributed by atoms with van der Waals surface area (Å²) in [7, 11) is 1.63. The van der Waals surface area contributed by atoms with Crippen molar-refractivity contribution in [1.82, 2.24) is 15.3 Å². The van der Waals surface area contributed by atoms with Crippen molar-refractivity contribution in [2.75, 3.05) is 43.1 Å². The van der Waals surface area contributed by atoms with E-state index >= 15 is 0 Å². The molecule has 1 fully saturated rings. The number of ether oxygens (including phenoxy) is 1. The minimum atomic E-state index is -0.443. The number of aromatic nitrogens is 2. The number of hydrogen-bond acceptors (Lipinski definition) is 6. The molecule has 9 heteroatoms. The van der Waals surface area contributed by atoms with Gasteiger partial charge in [0.25, 0.3) is 11.5 Å². The number of rotatable bonds is 5. The highest BCUT2D eigenvalue weighted by molar-refractivity contribution is 6.30. The summed E-state index contributed by atoms with van der Waals surface area (Å²) >= 11 is 6.13. The van der Waals surface area contributed by atoms with E-state index in [1.165, 1.54) is 6.20 Å². The second-order valence-corrected chi connectivity index (χ2v) is 7.30. The maximum Gasteiger partial charge on any atom is 0.265 e. The van der Waals surface area contributed by atoms with Crippen molar-refractivity contribution in [1.29, 1.82) is 0 Å². The SMILES string of the molecule is COc1ccc(Cl)cc1N1CCN(c2ncc(C(=O)NC(C)C)c(=O)[nH]2)CC1. The summed E-state index contributed by atoms with van der Waals surface area (Å²) in [6.07, 6.45) is 1.33. The molecule has 0 atom stereocenters. The van der Waals surface area contributed by atoms with Crippen LogP contribution in [0.3, 0.4) is 0 Å². The van der Waals surface area contributed by atoms with Crippen molar-refractivity contribution in [3.05, 3.63) is 45.3 Å². The Kier molecular flexibility index (Phi) is 6.08. The fourth-order valence-electron chi connectivity index (χ4n) is 3.12. The molecule has 0 spiro atoms. The van der Waals surface area contributed by atoms with E-state index in [0.717, 1.165) is 24.5 Å². The van der Waals surface area contributed by atoms with E-state index in [4.69, 9.17) is 16.3 Å². The van der Waals surface area contributed by atoms with Gasteiger partial charge in [0.05, 0.1) is 12.8 Å². The summed E-state index contributed by atoms with van der Waals surface area (Å²) in [6.45, 7) is 6.43. The first kappa shape index (κ1) is 20.0. The number of carbonyl (C=O) groups is 1. The maximum absolute atomic E-state index is 12.3. The summed E-state index contributed by atoms with van der Waals surface area (Å²) in [6, 6.07) is 5.48. The average Bonchev–Trinajstić information content (AvgIpc) is 2.67. The molecule has 2 aromatic rings. The van der Waals surface area contributed by atoms with E-state index in [2.05, 4.69) is 20.2 Å². The number of aromatic amines is 1. The third-order valence-corrected chi connectivity index (χ3v) is 4.75. The number of halogens is 1. The van der Waals surface area contributed by atoms with Crippen LogP contribution >= 0.6 is 11.6 Å². The molecule has 0 radical (unpaired) electrons. The molecule has 0 bridgehead atoms. The number of hydrogen-bond donors (Lipinski definition) is 2. The zero-order valence-electron chi connectivity index (χ0n) is 16.2. The standard InChI is InChI=1S/C19H24ClN5O3/c1-12(2)22-17(26)14-11-21-19(23-18(14)27)25-8-6-24(7-9-25)15-10-13(20)4-5-16(15)28-3/h4-5,10-12H,6-9H2,1-3H3,(H,22,26)(H,21,23,27). The van der Waals surface area contributed by atoms with Gasteiger partial charge >= 0.3 is 0 Å². The summed E-state index contributed by atoms with van der Waals surface area (Å²) in [5, 5.41) is 3.35. The van der Waals surface area contributed by atoms with Gasteiger partial charge < -0.3 is 19.9 Å². The first-order valence-corrected chi connectivity index (χ1v) is 9.50. The Bertz CT molecular complexity index is 907. The summed E-state index contributed by atoms with van der Waals surface area (Å²) < 4.78 is 5.43. The maximum atomic E-state index is 12.3. The van der Waals surface area contributed by atoms with E-state index in [1.807, 2.05) is 30.9 Å². The van der Waals surface area contributed by atoms with E-state index in [0.29, 0.717) is 24.1 Å². The van der Waals surface area contributed by atoms with Crippen LogP contribution in [0.2, 0.25) is 5.02 Å². The normalized spacial score (nSPS) is 14.3. The van der Waals surface area contributed by atoms with Gasteiger partial charge in [-0.2, -0.15) is 0 Å². The number of piperazine rings is 1. The first-order chi connectivity index (χ1) is 13.4.